The predicted octanol–water partition coefficient (Wildman–Crippen LogP) is 2.60. The summed E-state index contributed by atoms with van der Waals surface area (Å²) in [6.07, 6.45) is 5.63. The fraction of sp³-hybridized carbons (Fsp3) is 0.700. The van der Waals surface area contributed by atoms with Crippen molar-refractivity contribution in [3.63, 3.8) is 0 Å². The molecule has 0 aromatic heterocycles. The van der Waals surface area contributed by atoms with E-state index >= 15 is 0 Å². The average Bonchev–Trinajstić information content (AvgIpc) is 1.82. The Labute approximate surface area is 73.3 Å². The van der Waals surface area contributed by atoms with Crippen LogP contribution in [0, 0.1) is 5.41 Å². The van der Waals surface area contributed by atoms with Gasteiger partial charge in [0.2, 0.25) is 0 Å². The van der Waals surface area contributed by atoms with Crippen LogP contribution in [0.4, 0.5) is 0 Å². The molecule has 0 radical (unpaired) electrons. The molecule has 1 saturated carbocycles. The van der Waals surface area contributed by atoms with Crippen LogP contribution in [-0.4, -0.2) is 11.1 Å². The summed E-state index contributed by atoms with van der Waals surface area (Å²) in [6.45, 7) is 4.39. The zero-order valence-electron chi connectivity index (χ0n) is 7.76. The Balaban J connectivity index is 2.64. The third kappa shape index (κ3) is 2.68. The first-order valence-corrected chi connectivity index (χ1v) is 4.42. The maximum atomic E-state index is 10.4. The Hall–Kier alpha value is -0.790. The SMILES string of the molecule is CC1(C)CCC/C(=C/C(=O)O)C1. The van der Waals surface area contributed by atoms with Crippen LogP contribution < -0.4 is 0 Å². The first-order valence-electron chi connectivity index (χ1n) is 4.42. The maximum absolute atomic E-state index is 10.4. The van der Waals surface area contributed by atoms with Gasteiger partial charge in [-0.2, -0.15) is 0 Å². The highest BCUT2D eigenvalue weighted by Crippen LogP contribution is 2.37. The lowest BCUT2D eigenvalue weighted by molar-refractivity contribution is -0.131. The van der Waals surface area contributed by atoms with Gasteiger partial charge in [0.25, 0.3) is 0 Å². The third-order valence-electron chi connectivity index (χ3n) is 2.38. The molecule has 2 nitrogen and oxygen atoms in total. The van der Waals surface area contributed by atoms with Gasteiger partial charge in [0.1, 0.15) is 0 Å². The number of carboxylic acids is 1. The van der Waals surface area contributed by atoms with E-state index < -0.39 is 5.97 Å². The molecule has 0 aromatic carbocycles. The van der Waals surface area contributed by atoms with Crippen molar-refractivity contribution >= 4 is 5.97 Å². The summed E-state index contributed by atoms with van der Waals surface area (Å²) in [6, 6.07) is 0. The molecule has 12 heavy (non-hydrogen) atoms. The second-order valence-electron chi connectivity index (χ2n) is 4.34. The maximum Gasteiger partial charge on any atom is 0.328 e. The van der Waals surface area contributed by atoms with Crippen LogP contribution in [0.3, 0.4) is 0 Å². The van der Waals surface area contributed by atoms with E-state index in [4.69, 9.17) is 5.11 Å². The lowest BCUT2D eigenvalue weighted by Gasteiger charge is -2.30. The molecule has 1 N–H and O–H groups in total. The average molecular weight is 168 g/mol. The molecule has 0 bridgehead atoms. The van der Waals surface area contributed by atoms with Crippen LogP contribution in [0.25, 0.3) is 0 Å². The topological polar surface area (TPSA) is 37.3 Å². The number of hydrogen-bond acceptors (Lipinski definition) is 1. The van der Waals surface area contributed by atoms with Crippen LogP contribution in [0.1, 0.15) is 39.5 Å². The van der Waals surface area contributed by atoms with E-state index in [1.165, 1.54) is 12.5 Å². The van der Waals surface area contributed by atoms with Crippen LogP contribution in [0.5, 0.6) is 0 Å². The van der Waals surface area contributed by atoms with Crippen molar-refractivity contribution in [2.75, 3.05) is 0 Å². The highest BCUT2D eigenvalue weighted by molar-refractivity contribution is 5.80. The summed E-state index contributed by atoms with van der Waals surface area (Å²) in [4.78, 5) is 10.4. The molecular formula is C10H16O2. The quantitative estimate of drug-likeness (QED) is 0.611. The summed E-state index contributed by atoms with van der Waals surface area (Å²) in [5.41, 5.74) is 1.40. The Morgan fingerprint density at radius 3 is 2.75 bits per heavy atom. The fourth-order valence-electron chi connectivity index (χ4n) is 1.88. The van der Waals surface area contributed by atoms with Gasteiger partial charge in [-0.25, -0.2) is 4.79 Å². The van der Waals surface area contributed by atoms with Crippen molar-refractivity contribution in [1.29, 1.82) is 0 Å². The lowest BCUT2D eigenvalue weighted by atomic mass is 9.75. The lowest BCUT2D eigenvalue weighted by Crippen LogP contribution is -2.17. The molecule has 0 spiro atoms. The molecule has 0 aliphatic heterocycles. The van der Waals surface area contributed by atoms with Crippen LogP contribution in [0.15, 0.2) is 11.6 Å². The molecule has 0 unspecified atom stereocenters. The highest BCUT2D eigenvalue weighted by Gasteiger charge is 2.24. The molecule has 1 rings (SSSR count). The van der Waals surface area contributed by atoms with Crippen LogP contribution in [-0.2, 0) is 4.79 Å². The Morgan fingerprint density at radius 1 is 1.58 bits per heavy atom. The van der Waals surface area contributed by atoms with E-state index in [2.05, 4.69) is 13.8 Å². The molecule has 0 atom stereocenters. The Kier molecular flexibility index (Phi) is 2.55. The minimum absolute atomic E-state index is 0.305. The van der Waals surface area contributed by atoms with E-state index in [1.807, 2.05) is 0 Å². The van der Waals surface area contributed by atoms with Crippen molar-refractivity contribution in [2.24, 2.45) is 5.41 Å². The van der Waals surface area contributed by atoms with Crippen molar-refractivity contribution in [1.82, 2.24) is 0 Å². The van der Waals surface area contributed by atoms with Crippen LogP contribution in [0.2, 0.25) is 0 Å². The van der Waals surface area contributed by atoms with Crippen molar-refractivity contribution < 1.29 is 9.90 Å². The number of rotatable bonds is 1. The zero-order chi connectivity index (χ0) is 9.19. The number of carboxylic acid groups (broad SMARTS) is 1. The van der Waals surface area contributed by atoms with Gasteiger partial charge in [0.15, 0.2) is 0 Å². The smallest absolute Gasteiger partial charge is 0.328 e. The van der Waals surface area contributed by atoms with Gasteiger partial charge < -0.3 is 5.11 Å². The van der Waals surface area contributed by atoms with Crippen molar-refractivity contribution in [3.8, 4) is 0 Å². The molecule has 0 aromatic rings. The molecule has 2 heteroatoms. The van der Waals surface area contributed by atoms with Gasteiger partial charge in [-0.1, -0.05) is 19.4 Å². The highest BCUT2D eigenvalue weighted by atomic mass is 16.4. The summed E-state index contributed by atoms with van der Waals surface area (Å²) < 4.78 is 0. The first kappa shape index (κ1) is 9.30. The monoisotopic (exact) mass is 168 g/mol. The summed E-state index contributed by atoms with van der Waals surface area (Å²) in [5.74, 6) is -0.803. The van der Waals surface area contributed by atoms with Crippen molar-refractivity contribution in [3.05, 3.63) is 11.6 Å². The molecule has 1 aliphatic rings. The standard InChI is InChI=1S/C10H16O2/c1-10(2)5-3-4-8(7-10)6-9(11)12/h6H,3-5,7H2,1-2H3,(H,11,12)/b8-6-. The molecule has 0 amide bonds. The number of carbonyl (C=O) groups is 1. The molecule has 1 fully saturated rings. The second-order valence-corrected chi connectivity index (χ2v) is 4.34. The molecule has 68 valence electrons. The van der Waals surface area contributed by atoms with E-state index in [9.17, 15) is 4.79 Å². The third-order valence-corrected chi connectivity index (χ3v) is 2.38. The summed E-state index contributed by atoms with van der Waals surface area (Å²) in [7, 11) is 0. The van der Waals surface area contributed by atoms with E-state index in [1.54, 1.807) is 0 Å². The van der Waals surface area contributed by atoms with Gasteiger partial charge in [0.05, 0.1) is 0 Å². The predicted molar refractivity (Wildman–Crippen MR) is 48.0 cm³/mol. The van der Waals surface area contributed by atoms with Gasteiger partial charge in [-0.15, -0.1) is 0 Å². The molecular weight excluding hydrogens is 152 g/mol. The molecule has 0 saturated heterocycles. The second kappa shape index (κ2) is 3.30. The number of allylic oxidation sites excluding steroid dienone is 1. The fourth-order valence-corrected chi connectivity index (χ4v) is 1.88. The van der Waals surface area contributed by atoms with E-state index in [0.29, 0.717) is 5.41 Å². The first-order chi connectivity index (χ1) is 5.49. The minimum atomic E-state index is -0.803. The van der Waals surface area contributed by atoms with E-state index in [-0.39, 0.29) is 0 Å². The van der Waals surface area contributed by atoms with Gasteiger partial charge >= 0.3 is 5.97 Å². The number of hydrogen-bond donors (Lipinski definition) is 1. The largest absolute Gasteiger partial charge is 0.478 e. The Morgan fingerprint density at radius 2 is 2.25 bits per heavy atom. The summed E-state index contributed by atoms with van der Waals surface area (Å²) in [5, 5.41) is 8.56. The number of aliphatic carboxylic acids is 1. The van der Waals surface area contributed by atoms with Gasteiger partial charge in [0, 0.05) is 6.08 Å². The summed E-state index contributed by atoms with van der Waals surface area (Å²) >= 11 is 0. The minimum Gasteiger partial charge on any atom is -0.478 e. The van der Waals surface area contributed by atoms with Gasteiger partial charge in [-0.05, 0) is 31.1 Å². The normalized spacial score (nSPS) is 25.7. The van der Waals surface area contributed by atoms with E-state index in [0.717, 1.165) is 24.8 Å². The van der Waals surface area contributed by atoms with Crippen molar-refractivity contribution in [2.45, 2.75) is 39.5 Å². The molecule has 1 aliphatic carbocycles. The molecule has 0 heterocycles. The Bertz CT molecular complexity index is 214. The zero-order valence-corrected chi connectivity index (χ0v) is 7.76. The van der Waals surface area contributed by atoms with Crippen LogP contribution >= 0.6 is 0 Å². The van der Waals surface area contributed by atoms with Gasteiger partial charge in [-0.3, -0.25) is 0 Å².